The Morgan fingerprint density at radius 1 is 1.08 bits per heavy atom. The van der Waals surface area contributed by atoms with Crippen molar-refractivity contribution in [2.75, 3.05) is 25.0 Å². The number of halogens is 3. The van der Waals surface area contributed by atoms with E-state index in [0.29, 0.717) is 35.7 Å². The molecule has 1 N–H and O–H groups in total. The van der Waals surface area contributed by atoms with Gasteiger partial charge in [0.2, 0.25) is 11.8 Å². The summed E-state index contributed by atoms with van der Waals surface area (Å²) in [6.07, 6.45) is 1.31. The first kappa shape index (κ1) is 24.7. The number of hydrogen-bond donors (Lipinski definition) is 1. The Labute approximate surface area is 210 Å². The molecule has 0 radical (unpaired) electrons. The summed E-state index contributed by atoms with van der Waals surface area (Å²) in [6.45, 7) is 1.05. The molecule has 2 fully saturated rings. The van der Waals surface area contributed by atoms with E-state index in [4.69, 9.17) is 0 Å². The third-order valence-corrected chi connectivity index (χ3v) is 6.75. The first-order chi connectivity index (χ1) is 17.7. The number of aromatic nitrogens is 3. The lowest BCUT2D eigenvalue weighted by molar-refractivity contribution is -0.147. The molecule has 37 heavy (non-hydrogen) atoms. The summed E-state index contributed by atoms with van der Waals surface area (Å²) in [4.78, 5) is 44.7. The SMILES string of the molecule is O=C(Nc1ccc2nn(CC(=O)N3CCN(C4CCCC4)C(=O)C3)cc2c1)c1cccc(C(F)(F)F)n1. The van der Waals surface area contributed by atoms with Crippen LogP contribution in [-0.4, -0.2) is 68.0 Å². The largest absolute Gasteiger partial charge is 0.433 e. The highest BCUT2D eigenvalue weighted by Crippen LogP contribution is 2.28. The van der Waals surface area contributed by atoms with Crippen LogP contribution in [0.25, 0.3) is 10.9 Å². The van der Waals surface area contributed by atoms with Gasteiger partial charge in [0.25, 0.3) is 5.91 Å². The number of nitrogens with one attached hydrogen (secondary N) is 1. The van der Waals surface area contributed by atoms with Gasteiger partial charge in [-0.05, 0) is 43.2 Å². The third-order valence-electron chi connectivity index (χ3n) is 6.75. The predicted octanol–water partition coefficient (Wildman–Crippen LogP) is 3.32. The number of nitrogens with zero attached hydrogens (tertiary/aromatic N) is 5. The van der Waals surface area contributed by atoms with Crippen molar-refractivity contribution in [3.05, 3.63) is 54.0 Å². The van der Waals surface area contributed by atoms with E-state index >= 15 is 0 Å². The zero-order chi connectivity index (χ0) is 26.2. The first-order valence-corrected chi connectivity index (χ1v) is 12.1. The van der Waals surface area contributed by atoms with Crippen LogP contribution in [0.4, 0.5) is 18.9 Å². The molecule has 9 nitrogen and oxygen atoms in total. The molecule has 1 aliphatic carbocycles. The summed E-state index contributed by atoms with van der Waals surface area (Å²) in [5.41, 5.74) is -0.594. The highest BCUT2D eigenvalue weighted by molar-refractivity contribution is 6.03. The summed E-state index contributed by atoms with van der Waals surface area (Å²) in [7, 11) is 0. The number of fused-ring (bicyclic) bond motifs is 1. The van der Waals surface area contributed by atoms with Gasteiger partial charge >= 0.3 is 6.18 Å². The lowest BCUT2D eigenvalue weighted by Crippen LogP contribution is -2.55. The summed E-state index contributed by atoms with van der Waals surface area (Å²) < 4.78 is 40.2. The Balaban J connectivity index is 1.22. The molecule has 1 aliphatic heterocycles. The second-order valence-electron chi connectivity index (χ2n) is 9.30. The normalized spacial score (nSPS) is 17.0. The van der Waals surface area contributed by atoms with Gasteiger partial charge in [0.15, 0.2) is 0 Å². The predicted molar refractivity (Wildman–Crippen MR) is 127 cm³/mol. The molecule has 0 spiro atoms. The Bertz CT molecular complexity index is 1350. The minimum absolute atomic E-state index is 0.0206. The van der Waals surface area contributed by atoms with Crippen LogP contribution in [0, 0.1) is 0 Å². The van der Waals surface area contributed by atoms with E-state index in [2.05, 4.69) is 15.4 Å². The quantitative estimate of drug-likeness (QED) is 0.563. The van der Waals surface area contributed by atoms with E-state index in [9.17, 15) is 27.6 Å². The Kier molecular flexibility index (Phi) is 6.57. The maximum absolute atomic E-state index is 12.9. The molecule has 1 aromatic carbocycles. The monoisotopic (exact) mass is 514 g/mol. The van der Waals surface area contributed by atoms with Crippen LogP contribution in [0.15, 0.2) is 42.6 Å². The number of anilines is 1. The number of amides is 3. The van der Waals surface area contributed by atoms with E-state index in [-0.39, 0.29) is 30.6 Å². The van der Waals surface area contributed by atoms with E-state index in [1.54, 1.807) is 29.3 Å². The third kappa shape index (κ3) is 5.42. The fourth-order valence-electron chi connectivity index (χ4n) is 4.89. The lowest BCUT2D eigenvalue weighted by atomic mass is 10.1. The minimum atomic E-state index is -4.65. The van der Waals surface area contributed by atoms with Gasteiger partial charge in [-0.1, -0.05) is 18.9 Å². The number of pyridine rings is 1. The van der Waals surface area contributed by atoms with Gasteiger partial charge in [-0.15, -0.1) is 0 Å². The zero-order valence-electron chi connectivity index (χ0n) is 19.9. The smallest absolute Gasteiger partial charge is 0.336 e. The molecular weight excluding hydrogens is 489 g/mol. The van der Waals surface area contributed by atoms with Crippen molar-refractivity contribution in [1.82, 2.24) is 24.6 Å². The number of carbonyl (C=O) groups is 3. The van der Waals surface area contributed by atoms with E-state index in [1.165, 1.54) is 10.7 Å². The van der Waals surface area contributed by atoms with Crippen molar-refractivity contribution in [3.63, 3.8) is 0 Å². The molecule has 5 rings (SSSR count). The molecule has 2 aliphatic rings. The van der Waals surface area contributed by atoms with Gasteiger partial charge in [0.1, 0.15) is 17.9 Å². The molecular formula is C25H25F3N6O3. The van der Waals surface area contributed by atoms with Crippen LogP contribution < -0.4 is 5.32 Å². The van der Waals surface area contributed by atoms with Crippen LogP contribution in [0.5, 0.6) is 0 Å². The highest BCUT2D eigenvalue weighted by Gasteiger charge is 2.34. The fraction of sp³-hybridized carbons (Fsp3) is 0.400. The maximum Gasteiger partial charge on any atom is 0.433 e. The van der Waals surface area contributed by atoms with Crippen molar-refractivity contribution in [2.45, 2.75) is 44.4 Å². The van der Waals surface area contributed by atoms with Gasteiger partial charge in [-0.2, -0.15) is 18.3 Å². The van der Waals surface area contributed by atoms with Crippen molar-refractivity contribution in [2.24, 2.45) is 0 Å². The molecule has 2 aromatic heterocycles. The molecule has 3 aromatic rings. The summed E-state index contributed by atoms with van der Waals surface area (Å²) in [5.74, 6) is -1.02. The Morgan fingerprint density at radius 3 is 2.59 bits per heavy atom. The first-order valence-electron chi connectivity index (χ1n) is 12.1. The Hall–Kier alpha value is -3.96. The molecule has 1 saturated carbocycles. The standard InChI is InChI=1S/C25H25F3N6O3/c26-25(27,28)21-7-3-6-20(30-21)24(37)29-17-8-9-19-16(12-17)13-33(31-19)15-22(35)32-10-11-34(23(36)14-32)18-4-1-2-5-18/h3,6-9,12-13,18H,1-2,4-5,10-11,14-15H2,(H,29,37). The molecule has 1 saturated heterocycles. The van der Waals surface area contributed by atoms with E-state index in [1.807, 2.05) is 4.90 Å². The molecule has 12 heteroatoms. The number of alkyl halides is 3. The second kappa shape index (κ2) is 9.83. The van der Waals surface area contributed by atoms with Crippen molar-refractivity contribution in [3.8, 4) is 0 Å². The van der Waals surface area contributed by atoms with E-state index in [0.717, 1.165) is 37.8 Å². The van der Waals surface area contributed by atoms with Gasteiger partial charge in [0.05, 0.1) is 12.1 Å². The number of rotatable bonds is 5. The topological polar surface area (TPSA) is 100 Å². The van der Waals surface area contributed by atoms with Gasteiger partial charge in [-0.25, -0.2) is 4.98 Å². The van der Waals surface area contributed by atoms with Gasteiger partial charge < -0.3 is 15.1 Å². The van der Waals surface area contributed by atoms with Crippen molar-refractivity contribution < 1.29 is 27.6 Å². The summed E-state index contributed by atoms with van der Waals surface area (Å²) >= 11 is 0. The molecule has 0 atom stereocenters. The fourth-order valence-corrected chi connectivity index (χ4v) is 4.89. The number of carbonyl (C=O) groups excluding carboxylic acids is 3. The van der Waals surface area contributed by atoms with E-state index < -0.39 is 17.8 Å². The number of piperazine rings is 1. The number of hydrogen-bond acceptors (Lipinski definition) is 5. The molecule has 3 heterocycles. The Morgan fingerprint density at radius 2 is 1.86 bits per heavy atom. The minimum Gasteiger partial charge on any atom is -0.336 e. The summed E-state index contributed by atoms with van der Waals surface area (Å²) in [6, 6.07) is 8.22. The lowest BCUT2D eigenvalue weighted by Gasteiger charge is -2.37. The molecule has 0 bridgehead atoms. The molecule has 0 unspecified atom stereocenters. The van der Waals surface area contributed by atoms with Gasteiger partial charge in [-0.3, -0.25) is 19.1 Å². The van der Waals surface area contributed by atoms with Crippen LogP contribution in [0.3, 0.4) is 0 Å². The summed E-state index contributed by atoms with van der Waals surface area (Å²) in [5, 5.41) is 7.55. The van der Waals surface area contributed by atoms with Crippen LogP contribution in [-0.2, 0) is 22.3 Å². The van der Waals surface area contributed by atoms with Crippen molar-refractivity contribution >= 4 is 34.3 Å². The van der Waals surface area contributed by atoms with Crippen LogP contribution in [0.1, 0.15) is 41.9 Å². The highest BCUT2D eigenvalue weighted by atomic mass is 19.4. The average molecular weight is 515 g/mol. The average Bonchev–Trinajstić information content (AvgIpc) is 3.53. The number of benzene rings is 1. The van der Waals surface area contributed by atoms with Crippen LogP contribution in [0.2, 0.25) is 0 Å². The molecule has 194 valence electrons. The van der Waals surface area contributed by atoms with Crippen LogP contribution >= 0.6 is 0 Å². The zero-order valence-corrected chi connectivity index (χ0v) is 19.9. The van der Waals surface area contributed by atoms with Gasteiger partial charge in [0, 0.05) is 36.4 Å². The second-order valence-corrected chi connectivity index (χ2v) is 9.30. The maximum atomic E-state index is 12.9. The molecule has 3 amide bonds. The van der Waals surface area contributed by atoms with Crippen molar-refractivity contribution in [1.29, 1.82) is 0 Å².